The van der Waals surface area contributed by atoms with Crippen molar-refractivity contribution in [1.29, 1.82) is 0 Å². The van der Waals surface area contributed by atoms with Gasteiger partial charge in [-0.2, -0.15) is 0 Å². The summed E-state index contributed by atoms with van der Waals surface area (Å²) in [6, 6.07) is 0. The predicted octanol–water partition coefficient (Wildman–Crippen LogP) is 4.99. The monoisotopic (exact) mass is 391 g/mol. The summed E-state index contributed by atoms with van der Waals surface area (Å²) in [5, 5.41) is 0.826. The molecule has 1 saturated heterocycles. The molecule has 1 aliphatic rings. The summed E-state index contributed by atoms with van der Waals surface area (Å²) >= 11 is 3.61. The summed E-state index contributed by atoms with van der Waals surface area (Å²) < 4.78 is 11.7. The van der Waals surface area contributed by atoms with Crippen LogP contribution in [0.5, 0.6) is 0 Å². The third-order valence-corrected chi connectivity index (χ3v) is 5.18. The van der Waals surface area contributed by atoms with Gasteiger partial charge in [-0.15, -0.1) is 0 Å². The Labute approximate surface area is 150 Å². The highest BCUT2D eigenvalue weighted by Gasteiger charge is 2.37. The van der Waals surface area contributed by atoms with Crippen molar-refractivity contribution in [3.8, 4) is 0 Å². The van der Waals surface area contributed by atoms with E-state index in [9.17, 15) is 4.79 Å². The molecular formula is C18H34BrNO3. The van der Waals surface area contributed by atoms with Gasteiger partial charge in [0.25, 0.3) is 0 Å². The van der Waals surface area contributed by atoms with Crippen LogP contribution in [-0.2, 0) is 9.47 Å². The van der Waals surface area contributed by atoms with Gasteiger partial charge in [-0.1, -0.05) is 42.6 Å². The Morgan fingerprint density at radius 2 is 1.83 bits per heavy atom. The minimum Gasteiger partial charge on any atom is -0.444 e. The number of halogens is 1. The van der Waals surface area contributed by atoms with Gasteiger partial charge >= 0.3 is 6.09 Å². The number of carbonyl (C=O) groups is 1. The number of rotatable bonds is 7. The SMILES string of the molecule is CC(C)CCCCOC1(CBr)CCN(C(=O)OC(C)(C)C)CC1. The zero-order valence-electron chi connectivity index (χ0n) is 15.5. The van der Waals surface area contributed by atoms with Gasteiger partial charge in [-0.05, 0) is 46.0 Å². The number of unbranched alkanes of at least 4 members (excludes halogenated alkanes) is 1. The van der Waals surface area contributed by atoms with E-state index < -0.39 is 5.60 Å². The maximum atomic E-state index is 12.1. The molecule has 0 saturated carbocycles. The highest BCUT2D eigenvalue weighted by Crippen LogP contribution is 2.29. The lowest BCUT2D eigenvalue weighted by molar-refractivity contribution is -0.0695. The van der Waals surface area contributed by atoms with Crippen LogP contribution < -0.4 is 0 Å². The van der Waals surface area contributed by atoms with Crippen LogP contribution in [0.2, 0.25) is 0 Å². The normalized spacial score (nSPS) is 18.3. The molecule has 1 fully saturated rings. The maximum absolute atomic E-state index is 12.1. The van der Waals surface area contributed by atoms with Gasteiger partial charge in [0, 0.05) is 25.0 Å². The van der Waals surface area contributed by atoms with Gasteiger partial charge in [0.2, 0.25) is 0 Å². The van der Waals surface area contributed by atoms with Crippen LogP contribution in [0.4, 0.5) is 4.79 Å². The number of alkyl halides is 1. The minimum absolute atomic E-state index is 0.129. The lowest BCUT2D eigenvalue weighted by atomic mass is 9.93. The van der Waals surface area contributed by atoms with E-state index in [1.54, 1.807) is 4.90 Å². The third kappa shape index (κ3) is 7.88. The number of piperidine rings is 1. The molecule has 4 nitrogen and oxygen atoms in total. The number of likely N-dealkylation sites (tertiary alicyclic amines) is 1. The van der Waals surface area contributed by atoms with Crippen LogP contribution >= 0.6 is 15.9 Å². The zero-order valence-corrected chi connectivity index (χ0v) is 17.1. The molecule has 23 heavy (non-hydrogen) atoms. The lowest BCUT2D eigenvalue weighted by Crippen LogP contribution is -2.50. The first kappa shape index (κ1) is 20.8. The lowest BCUT2D eigenvalue weighted by Gasteiger charge is -2.41. The molecule has 0 atom stereocenters. The van der Waals surface area contributed by atoms with Gasteiger partial charge in [0.1, 0.15) is 5.60 Å². The Morgan fingerprint density at radius 3 is 2.30 bits per heavy atom. The first-order chi connectivity index (χ1) is 10.7. The highest BCUT2D eigenvalue weighted by atomic mass is 79.9. The number of ether oxygens (including phenoxy) is 2. The second-order valence-electron chi connectivity index (χ2n) is 8.02. The van der Waals surface area contributed by atoms with E-state index in [1.165, 1.54) is 12.8 Å². The Kier molecular flexibility index (Phi) is 8.36. The summed E-state index contributed by atoms with van der Waals surface area (Å²) in [5.74, 6) is 0.761. The second kappa shape index (κ2) is 9.26. The number of hydrogen-bond donors (Lipinski definition) is 0. The first-order valence-electron chi connectivity index (χ1n) is 8.85. The summed E-state index contributed by atoms with van der Waals surface area (Å²) in [5.41, 5.74) is -0.565. The molecule has 0 aromatic heterocycles. The summed E-state index contributed by atoms with van der Waals surface area (Å²) in [6.45, 7) is 12.4. The van der Waals surface area contributed by atoms with Gasteiger partial charge in [0.05, 0.1) is 5.60 Å². The van der Waals surface area contributed by atoms with Gasteiger partial charge < -0.3 is 14.4 Å². The molecule has 0 aromatic carbocycles. The van der Waals surface area contributed by atoms with Gasteiger partial charge in [0.15, 0.2) is 0 Å². The number of amides is 1. The average molecular weight is 392 g/mol. The number of hydrogen-bond acceptors (Lipinski definition) is 3. The Bertz CT molecular complexity index is 358. The fraction of sp³-hybridized carbons (Fsp3) is 0.944. The summed E-state index contributed by atoms with van der Waals surface area (Å²) in [4.78, 5) is 13.9. The Morgan fingerprint density at radius 1 is 1.22 bits per heavy atom. The zero-order chi connectivity index (χ0) is 17.5. The summed E-state index contributed by atoms with van der Waals surface area (Å²) in [6.07, 6.45) is 5.11. The molecule has 5 heteroatoms. The predicted molar refractivity (Wildman–Crippen MR) is 98.2 cm³/mol. The van der Waals surface area contributed by atoms with Crippen LogP contribution in [0.1, 0.15) is 66.7 Å². The number of carbonyl (C=O) groups excluding carboxylic acids is 1. The average Bonchev–Trinajstić information content (AvgIpc) is 2.45. The second-order valence-corrected chi connectivity index (χ2v) is 8.58. The molecule has 1 rings (SSSR count). The van der Waals surface area contributed by atoms with Crippen LogP contribution in [-0.4, -0.2) is 47.2 Å². The van der Waals surface area contributed by atoms with Crippen molar-refractivity contribution in [1.82, 2.24) is 4.90 Å². The van der Waals surface area contributed by atoms with E-state index in [0.29, 0.717) is 13.1 Å². The highest BCUT2D eigenvalue weighted by molar-refractivity contribution is 9.09. The molecular weight excluding hydrogens is 358 g/mol. The topological polar surface area (TPSA) is 38.8 Å². The molecule has 0 N–H and O–H groups in total. The van der Waals surface area contributed by atoms with Crippen molar-refractivity contribution in [2.75, 3.05) is 25.0 Å². The maximum Gasteiger partial charge on any atom is 0.410 e. The van der Waals surface area contributed by atoms with E-state index in [2.05, 4.69) is 29.8 Å². The van der Waals surface area contributed by atoms with Crippen molar-refractivity contribution in [2.24, 2.45) is 5.92 Å². The first-order valence-corrected chi connectivity index (χ1v) is 9.97. The smallest absolute Gasteiger partial charge is 0.410 e. The molecule has 0 spiro atoms. The standard InChI is InChI=1S/C18H34BrNO3/c1-15(2)8-6-7-13-22-18(14-19)9-11-20(12-10-18)16(21)23-17(3,4)5/h15H,6-14H2,1-5H3. The molecule has 1 amide bonds. The largest absolute Gasteiger partial charge is 0.444 e. The van der Waals surface area contributed by atoms with Gasteiger partial charge in [-0.25, -0.2) is 4.79 Å². The van der Waals surface area contributed by atoms with Crippen LogP contribution in [0.3, 0.4) is 0 Å². The molecule has 136 valence electrons. The Balaban J connectivity index is 2.36. The van der Waals surface area contributed by atoms with Crippen molar-refractivity contribution in [2.45, 2.75) is 77.9 Å². The fourth-order valence-electron chi connectivity index (χ4n) is 2.68. The molecule has 0 aliphatic carbocycles. The van der Waals surface area contributed by atoms with Crippen molar-refractivity contribution < 1.29 is 14.3 Å². The fourth-order valence-corrected chi connectivity index (χ4v) is 3.41. The molecule has 0 radical (unpaired) electrons. The number of nitrogens with zero attached hydrogens (tertiary/aromatic N) is 1. The van der Waals surface area contributed by atoms with E-state index >= 15 is 0 Å². The van der Waals surface area contributed by atoms with Crippen molar-refractivity contribution in [3.63, 3.8) is 0 Å². The van der Waals surface area contributed by atoms with Crippen LogP contribution in [0.15, 0.2) is 0 Å². The molecule has 1 heterocycles. The quantitative estimate of drug-likeness (QED) is 0.452. The Hall–Kier alpha value is -0.290. The molecule has 1 aliphatic heterocycles. The van der Waals surface area contributed by atoms with E-state index in [-0.39, 0.29) is 11.7 Å². The third-order valence-electron chi connectivity index (χ3n) is 4.15. The minimum atomic E-state index is -0.437. The molecule has 0 aromatic rings. The van der Waals surface area contributed by atoms with E-state index in [0.717, 1.165) is 37.1 Å². The van der Waals surface area contributed by atoms with Crippen molar-refractivity contribution >= 4 is 22.0 Å². The molecule has 0 unspecified atom stereocenters. The van der Waals surface area contributed by atoms with Crippen LogP contribution in [0, 0.1) is 5.92 Å². The van der Waals surface area contributed by atoms with E-state index in [4.69, 9.17) is 9.47 Å². The summed E-state index contributed by atoms with van der Waals surface area (Å²) in [7, 11) is 0. The molecule has 0 bridgehead atoms. The van der Waals surface area contributed by atoms with Gasteiger partial charge in [-0.3, -0.25) is 0 Å². The van der Waals surface area contributed by atoms with E-state index in [1.807, 2.05) is 20.8 Å². The van der Waals surface area contributed by atoms with Crippen LogP contribution in [0.25, 0.3) is 0 Å². The van der Waals surface area contributed by atoms with Crippen molar-refractivity contribution in [3.05, 3.63) is 0 Å².